The molecular formula is C18H20N3O6S+. The number of nitrogens with two attached hydrogens (primary N) is 1. The van der Waals surface area contributed by atoms with E-state index in [2.05, 4.69) is 9.98 Å². The van der Waals surface area contributed by atoms with Crippen LogP contribution in [0.25, 0.3) is 20.8 Å². The lowest BCUT2D eigenvalue weighted by Gasteiger charge is -2.23. The number of aromatic amines is 1. The molecule has 28 heavy (non-hydrogen) atoms. The average Bonchev–Trinajstić information content (AvgIpc) is 2.69. The van der Waals surface area contributed by atoms with Crippen LogP contribution in [0, 0.1) is 0 Å². The van der Waals surface area contributed by atoms with E-state index >= 15 is 0 Å². The number of aliphatic hydroxyl groups is 5. The SMILES string of the molecule is Nc1ccc2[nH+]c3ccc(=NC(=O)C(O)C(O)C(O)C(O)CO)cc-3sc2c1. The van der Waals surface area contributed by atoms with Crippen LogP contribution in [0.3, 0.4) is 0 Å². The Morgan fingerprint density at radius 3 is 2.57 bits per heavy atom. The van der Waals surface area contributed by atoms with Crippen LogP contribution in [0.5, 0.6) is 0 Å². The van der Waals surface area contributed by atoms with Crippen LogP contribution >= 0.6 is 11.3 Å². The molecule has 4 atom stereocenters. The molecule has 9 nitrogen and oxygen atoms in total. The number of rotatable bonds is 5. The molecule has 0 bridgehead atoms. The summed E-state index contributed by atoms with van der Waals surface area (Å²) in [4.78, 5) is 19.9. The van der Waals surface area contributed by atoms with Gasteiger partial charge in [0.25, 0.3) is 5.91 Å². The minimum absolute atomic E-state index is 0.244. The Balaban J connectivity index is 1.92. The van der Waals surface area contributed by atoms with E-state index in [4.69, 9.17) is 10.8 Å². The summed E-state index contributed by atoms with van der Waals surface area (Å²) in [7, 11) is 0. The molecule has 0 saturated carbocycles. The highest BCUT2D eigenvalue weighted by atomic mass is 32.1. The number of aromatic nitrogens is 1. The first-order valence-electron chi connectivity index (χ1n) is 8.37. The molecule has 148 valence electrons. The van der Waals surface area contributed by atoms with Gasteiger partial charge in [-0.25, -0.2) is 9.98 Å². The van der Waals surface area contributed by atoms with Crippen molar-refractivity contribution in [1.82, 2.24) is 0 Å². The normalized spacial score (nSPS) is 16.8. The molecule has 8 N–H and O–H groups in total. The summed E-state index contributed by atoms with van der Waals surface area (Å²) >= 11 is 1.44. The van der Waals surface area contributed by atoms with E-state index < -0.39 is 36.9 Å². The lowest BCUT2D eigenvalue weighted by Crippen LogP contribution is -2.48. The summed E-state index contributed by atoms with van der Waals surface area (Å²) in [5, 5.41) is 47.6. The van der Waals surface area contributed by atoms with E-state index in [0.29, 0.717) is 5.69 Å². The van der Waals surface area contributed by atoms with Crippen molar-refractivity contribution in [3.05, 3.63) is 41.8 Å². The largest absolute Gasteiger partial charge is 0.399 e. The number of anilines is 1. The lowest BCUT2D eigenvalue weighted by molar-refractivity contribution is -0.330. The number of aliphatic hydroxyl groups excluding tert-OH is 5. The highest BCUT2D eigenvalue weighted by Gasteiger charge is 2.34. The van der Waals surface area contributed by atoms with Crippen molar-refractivity contribution in [3.63, 3.8) is 0 Å². The molecule has 1 aliphatic carbocycles. The Bertz CT molecular complexity index is 1040. The predicted octanol–water partition coefficient (Wildman–Crippen LogP) is -1.73. The molecule has 1 aromatic carbocycles. The molecule has 2 aliphatic rings. The first-order valence-corrected chi connectivity index (χ1v) is 9.19. The smallest absolute Gasteiger partial charge is 0.277 e. The number of hydrogen-bond donors (Lipinski definition) is 6. The van der Waals surface area contributed by atoms with E-state index in [1.54, 1.807) is 24.3 Å². The zero-order valence-electron chi connectivity index (χ0n) is 14.6. The van der Waals surface area contributed by atoms with E-state index in [-0.39, 0.29) is 5.36 Å². The van der Waals surface area contributed by atoms with Crippen molar-refractivity contribution in [2.75, 3.05) is 12.3 Å². The number of nitrogens with zero attached hydrogens (tertiary/aromatic N) is 1. The molecule has 1 heterocycles. The predicted molar refractivity (Wildman–Crippen MR) is 101 cm³/mol. The minimum Gasteiger partial charge on any atom is -0.399 e. The summed E-state index contributed by atoms with van der Waals surface area (Å²) in [6.07, 6.45) is -7.65. The third kappa shape index (κ3) is 4.17. The van der Waals surface area contributed by atoms with Crippen LogP contribution in [0.4, 0.5) is 5.69 Å². The van der Waals surface area contributed by atoms with Gasteiger partial charge in [-0.2, -0.15) is 0 Å². The van der Waals surface area contributed by atoms with Gasteiger partial charge in [0, 0.05) is 17.8 Å². The molecule has 1 amide bonds. The van der Waals surface area contributed by atoms with Gasteiger partial charge in [0.1, 0.15) is 27.9 Å². The molecule has 0 radical (unpaired) electrons. The van der Waals surface area contributed by atoms with Crippen LogP contribution < -0.4 is 16.1 Å². The van der Waals surface area contributed by atoms with Gasteiger partial charge >= 0.3 is 0 Å². The van der Waals surface area contributed by atoms with E-state index in [1.165, 1.54) is 11.3 Å². The van der Waals surface area contributed by atoms with Crippen LogP contribution in [-0.4, -0.2) is 62.5 Å². The fourth-order valence-electron chi connectivity index (χ4n) is 2.62. The van der Waals surface area contributed by atoms with Crippen molar-refractivity contribution in [3.8, 4) is 10.6 Å². The number of H-pyrrole nitrogens is 1. The van der Waals surface area contributed by atoms with Crippen molar-refractivity contribution < 1.29 is 35.3 Å². The van der Waals surface area contributed by atoms with Crippen LogP contribution in [0.15, 0.2) is 41.4 Å². The second kappa shape index (κ2) is 8.27. The second-order valence-electron chi connectivity index (χ2n) is 6.29. The quantitative estimate of drug-likeness (QED) is 0.216. The molecule has 0 saturated heterocycles. The van der Waals surface area contributed by atoms with Crippen LogP contribution in [0.2, 0.25) is 0 Å². The van der Waals surface area contributed by atoms with Crippen LogP contribution in [0.1, 0.15) is 0 Å². The fraction of sp³-hybridized carbons (Fsp3) is 0.278. The molecule has 10 heteroatoms. The maximum absolute atomic E-state index is 12.1. The van der Waals surface area contributed by atoms with Gasteiger partial charge in [0.05, 0.1) is 12.0 Å². The van der Waals surface area contributed by atoms with E-state index in [9.17, 15) is 25.2 Å². The number of nitrogens with one attached hydrogen (secondary N) is 1. The molecule has 4 unspecified atom stereocenters. The highest BCUT2D eigenvalue weighted by Crippen LogP contribution is 2.27. The van der Waals surface area contributed by atoms with Gasteiger partial charge in [-0.3, -0.25) is 4.79 Å². The monoisotopic (exact) mass is 406 g/mol. The van der Waals surface area contributed by atoms with Gasteiger partial charge in [-0.15, -0.1) is 11.3 Å². The van der Waals surface area contributed by atoms with Gasteiger partial charge in [-0.05, 0) is 24.3 Å². The molecule has 3 rings (SSSR count). The minimum atomic E-state index is -2.06. The molecule has 1 aromatic rings. The number of benzene rings is 2. The van der Waals surface area contributed by atoms with Gasteiger partial charge < -0.3 is 31.3 Å². The Hall–Kier alpha value is -2.47. The van der Waals surface area contributed by atoms with Gasteiger partial charge in [0.15, 0.2) is 6.10 Å². The third-order valence-electron chi connectivity index (χ3n) is 4.21. The van der Waals surface area contributed by atoms with E-state index in [1.807, 2.05) is 12.1 Å². The Kier molecular flexibility index (Phi) is 5.98. The molecular weight excluding hydrogens is 386 g/mol. The topological polar surface area (TPSA) is 171 Å². The zero-order valence-corrected chi connectivity index (χ0v) is 15.4. The Morgan fingerprint density at radius 1 is 1.11 bits per heavy atom. The van der Waals surface area contributed by atoms with Crippen molar-refractivity contribution in [1.29, 1.82) is 0 Å². The molecule has 0 fully saturated rings. The lowest BCUT2D eigenvalue weighted by atomic mass is 10.0. The summed E-state index contributed by atoms with van der Waals surface area (Å²) in [5.41, 5.74) is 8.14. The molecule has 1 aliphatic heterocycles. The zero-order chi connectivity index (χ0) is 20.4. The number of fused-ring (bicyclic) bond motifs is 2. The van der Waals surface area contributed by atoms with Crippen molar-refractivity contribution >= 4 is 33.1 Å². The third-order valence-corrected chi connectivity index (χ3v) is 5.32. The Labute approximate surface area is 163 Å². The number of carbonyl (C=O) groups excluding carboxylic acids is 1. The van der Waals surface area contributed by atoms with E-state index in [0.717, 1.165) is 20.8 Å². The molecule has 0 spiro atoms. The van der Waals surface area contributed by atoms with Gasteiger partial charge in [0.2, 0.25) is 11.2 Å². The van der Waals surface area contributed by atoms with Crippen molar-refractivity contribution in [2.45, 2.75) is 24.4 Å². The standard InChI is InChI=1S/C18H19N3O6S/c19-8-1-3-10-13(5-8)28-14-6-9(2-4-11(14)21-10)20-18(27)17(26)16(25)15(24)12(23)7-22/h1-6,12,15-17,22-26H,7,19H2/p+1. The summed E-state index contributed by atoms with van der Waals surface area (Å²) in [6, 6.07) is 10.4. The summed E-state index contributed by atoms with van der Waals surface area (Å²) in [5.74, 6) is -1.09. The second-order valence-corrected chi connectivity index (χ2v) is 7.37. The molecule has 0 aromatic heterocycles. The number of nitrogen functional groups attached to an aromatic ring is 1. The first-order chi connectivity index (χ1) is 13.3. The first kappa shape index (κ1) is 20.3. The number of amides is 1. The number of hydrogen-bond acceptors (Lipinski definition) is 8. The maximum Gasteiger partial charge on any atom is 0.277 e. The maximum atomic E-state index is 12.1. The summed E-state index contributed by atoms with van der Waals surface area (Å²) < 4.78 is 0.910. The fourth-order valence-corrected chi connectivity index (χ4v) is 3.69. The summed E-state index contributed by atoms with van der Waals surface area (Å²) in [6.45, 7) is -0.836. The average molecular weight is 406 g/mol. The van der Waals surface area contributed by atoms with Crippen molar-refractivity contribution in [2.24, 2.45) is 4.99 Å². The van der Waals surface area contributed by atoms with Crippen LogP contribution in [-0.2, 0) is 4.79 Å². The number of carbonyl (C=O) groups is 1. The highest BCUT2D eigenvalue weighted by molar-refractivity contribution is 7.21. The van der Waals surface area contributed by atoms with Gasteiger partial charge in [-0.1, -0.05) is 0 Å². The Morgan fingerprint density at radius 2 is 1.86 bits per heavy atom.